The van der Waals surface area contributed by atoms with Crippen molar-refractivity contribution in [3.05, 3.63) is 29.8 Å². The van der Waals surface area contributed by atoms with E-state index in [1.54, 1.807) is 6.07 Å². The lowest BCUT2D eigenvalue weighted by atomic mass is 10.3. The number of rotatable bonds is 3. The highest BCUT2D eigenvalue weighted by atomic mass is 19.1. The minimum Gasteiger partial charge on any atom is -0.365 e. The lowest BCUT2D eigenvalue weighted by molar-refractivity contribution is -0.128. The van der Waals surface area contributed by atoms with Crippen LogP contribution in [0.1, 0.15) is 12.7 Å². The third-order valence-corrected chi connectivity index (χ3v) is 3.57. The van der Waals surface area contributed by atoms with E-state index in [2.05, 4.69) is 9.97 Å². The molecule has 112 valence electrons. The molecule has 1 aromatic carbocycles. The van der Waals surface area contributed by atoms with Crippen LogP contribution in [0.5, 0.6) is 0 Å². The SMILES string of the molecule is CC(=O)N1CC(F)C(OCc2nc3ccc(F)cc3[nH]2)C1. The minimum absolute atomic E-state index is 0.0609. The summed E-state index contributed by atoms with van der Waals surface area (Å²) in [4.78, 5) is 19.8. The first-order valence-electron chi connectivity index (χ1n) is 6.68. The van der Waals surface area contributed by atoms with Crippen LogP contribution in [0.15, 0.2) is 18.2 Å². The molecule has 5 nitrogen and oxygen atoms in total. The van der Waals surface area contributed by atoms with Gasteiger partial charge in [0.15, 0.2) is 0 Å². The highest BCUT2D eigenvalue weighted by Gasteiger charge is 2.35. The van der Waals surface area contributed by atoms with E-state index in [1.165, 1.54) is 24.0 Å². The Morgan fingerprint density at radius 1 is 1.52 bits per heavy atom. The number of amides is 1. The maximum Gasteiger partial charge on any atom is 0.219 e. The molecule has 0 bridgehead atoms. The molecule has 7 heteroatoms. The number of H-pyrrole nitrogens is 1. The first kappa shape index (κ1) is 13.9. The van der Waals surface area contributed by atoms with Gasteiger partial charge in [-0.15, -0.1) is 0 Å². The highest BCUT2D eigenvalue weighted by molar-refractivity contribution is 5.75. The van der Waals surface area contributed by atoms with Gasteiger partial charge >= 0.3 is 0 Å². The summed E-state index contributed by atoms with van der Waals surface area (Å²) in [5, 5.41) is 0. The molecule has 1 saturated heterocycles. The molecule has 2 heterocycles. The second kappa shape index (κ2) is 5.40. The number of fused-ring (bicyclic) bond motifs is 1. The fourth-order valence-corrected chi connectivity index (χ4v) is 2.44. The van der Waals surface area contributed by atoms with Crippen LogP contribution in [0.3, 0.4) is 0 Å². The molecule has 21 heavy (non-hydrogen) atoms. The summed E-state index contributed by atoms with van der Waals surface area (Å²) < 4.78 is 32.3. The number of likely N-dealkylation sites (tertiary alicyclic amines) is 1. The van der Waals surface area contributed by atoms with Crippen molar-refractivity contribution in [1.82, 2.24) is 14.9 Å². The number of carbonyl (C=O) groups excluding carboxylic acids is 1. The number of hydrogen-bond acceptors (Lipinski definition) is 3. The normalized spacial score (nSPS) is 22.1. The molecule has 1 amide bonds. The second-order valence-corrected chi connectivity index (χ2v) is 5.13. The van der Waals surface area contributed by atoms with E-state index in [-0.39, 0.29) is 31.4 Å². The molecule has 1 aromatic heterocycles. The molecule has 0 radical (unpaired) electrons. The molecular formula is C14H15F2N3O2. The molecule has 1 fully saturated rings. The Morgan fingerprint density at radius 2 is 2.33 bits per heavy atom. The van der Waals surface area contributed by atoms with E-state index in [0.717, 1.165) is 0 Å². The van der Waals surface area contributed by atoms with Gasteiger partial charge in [-0.2, -0.15) is 0 Å². The van der Waals surface area contributed by atoms with Crippen molar-refractivity contribution in [3.63, 3.8) is 0 Å². The summed E-state index contributed by atoms with van der Waals surface area (Å²) in [6, 6.07) is 4.24. The largest absolute Gasteiger partial charge is 0.365 e. The van der Waals surface area contributed by atoms with Crippen LogP contribution in [-0.2, 0) is 16.1 Å². The fourth-order valence-electron chi connectivity index (χ4n) is 2.44. The van der Waals surface area contributed by atoms with E-state index in [0.29, 0.717) is 16.9 Å². The number of imidazole rings is 1. The van der Waals surface area contributed by atoms with Crippen molar-refractivity contribution in [3.8, 4) is 0 Å². The van der Waals surface area contributed by atoms with Crippen molar-refractivity contribution in [1.29, 1.82) is 0 Å². The van der Waals surface area contributed by atoms with Gasteiger partial charge in [0, 0.05) is 13.5 Å². The van der Waals surface area contributed by atoms with Crippen molar-refractivity contribution in [2.24, 2.45) is 0 Å². The number of benzene rings is 1. The molecule has 0 saturated carbocycles. The van der Waals surface area contributed by atoms with Crippen LogP contribution >= 0.6 is 0 Å². The van der Waals surface area contributed by atoms with Gasteiger partial charge in [0.1, 0.15) is 30.5 Å². The Hall–Kier alpha value is -2.02. The van der Waals surface area contributed by atoms with Crippen molar-refractivity contribution < 1.29 is 18.3 Å². The number of carbonyl (C=O) groups is 1. The smallest absolute Gasteiger partial charge is 0.219 e. The molecule has 0 spiro atoms. The van der Waals surface area contributed by atoms with Gasteiger partial charge in [0.05, 0.1) is 17.6 Å². The number of halogens is 2. The zero-order valence-electron chi connectivity index (χ0n) is 11.5. The molecule has 2 aromatic rings. The topological polar surface area (TPSA) is 58.2 Å². The number of ether oxygens (including phenoxy) is 1. The van der Waals surface area contributed by atoms with Crippen LogP contribution in [0, 0.1) is 5.82 Å². The zero-order valence-corrected chi connectivity index (χ0v) is 11.5. The van der Waals surface area contributed by atoms with Gasteiger partial charge in [-0.3, -0.25) is 4.79 Å². The van der Waals surface area contributed by atoms with Crippen molar-refractivity contribution >= 4 is 16.9 Å². The highest BCUT2D eigenvalue weighted by Crippen LogP contribution is 2.19. The van der Waals surface area contributed by atoms with Crippen LogP contribution in [0.2, 0.25) is 0 Å². The summed E-state index contributed by atoms with van der Waals surface area (Å²) in [6.45, 7) is 1.80. The third-order valence-electron chi connectivity index (χ3n) is 3.57. The minimum atomic E-state index is -1.20. The molecule has 1 aliphatic rings. The van der Waals surface area contributed by atoms with E-state index < -0.39 is 12.3 Å². The van der Waals surface area contributed by atoms with Crippen LogP contribution < -0.4 is 0 Å². The van der Waals surface area contributed by atoms with E-state index >= 15 is 0 Å². The monoisotopic (exact) mass is 295 g/mol. The molecule has 2 unspecified atom stereocenters. The maximum atomic E-state index is 13.8. The Labute approximate surface area is 119 Å². The van der Waals surface area contributed by atoms with Crippen molar-refractivity contribution in [2.75, 3.05) is 13.1 Å². The van der Waals surface area contributed by atoms with Gasteiger partial charge in [0.2, 0.25) is 5.91 Å². The van der Waals surface area contributed by atoms with Gasteiger partial charge < -0.3 is 14.6 Å². The molecule has 3 rings (SSSR count). The number of nitrogens with zero attached hydrogens (tertiary/aromatic N) is 2. The average molecular weight is 295 g/mol. The van der Waals surface area contributed by atoms with E-state index in [1.807, 2.05) is 0 Å². The summed E-state index contributed by atoms with van der Waals surface area (Å²) in [6.07, 6.45) is -1.85. The predicted octanol–water partition coefficient (Wildman–Crippen LogP) is 1.79. The number of hydrogen-bond donors (Lipinski definition) is 1. The number of nitrogens with one attached hydrogen (secondary N) is 1. The Morgan fingerprint density at radius 3 is 3.05 bits per heavy atom. The Balaban J connectivity index is 1.65. The van der Waals surface area contributed by atoms with Gasteiger partial charge in [-0.05, 0) is 18.2 Å². The van der Waals surface area contributed by atoms with Gasteiger partial charge in [-0.25, -0.2) is 13.8 Å². The predicted molar refractivity (Wildman–Crippen MR) is 71.8 cm³/mol. The number of aromatic amines is 1. The lowest BCUT2D eigenvalue weighted by Crippen LogP contribution is -2.27. The fraction of sp³-hybridized carbons (Fsp3) is 0.429. The Kier molecular flexibility index (Phi) is 3.59. The van der Waals surface area contributed by atoms with E-state index in [9.17, 15) is 13.6 Å². The summed E-state index contributed by atoms with van der Waals surface area (Å²) in [5.74, 6) is -0.0117. The Bertz CT molecular complexity index is 673. The average Bonchev–Trinajstić information content (AvgIpc) is 2.99. The maximum absolute atomic E-state index is 13.8. The van der Waals surface area contributed by atoms with Gasteiger partial charge in [-0.1, -0.05) is 0 Å². The lowest BCUT2D eigenvalue weighted by Gasteiger charge is -2.13. The zero-order chi connectivity index (χ0) is 15.0. The number of aromatic nitrogens is 2. The quantitative estimate of drug-likeness (QED) is 0.939. The molecule has 1 N–H and O–H groups in total. The molecule has 2 atom stereocenters. The van der Waals surface area contributed by atoms with Crippen LogP contribution in [0.4, 0.5) is 8.78 Å². The second-order valence-electron chi connectivity index (χ2n) is 5.13. The summed E-state index contributed by atoms with van der Waals surface area (Å²) in [5.41, 5.74) is 1.20. The van der Waals surface area contributed by atoms with Gasteiger partial charge in [0.25, 0.3) is 0 Å². The third kappa shape index (κ3) is 2.87. The van der Waals surface area contributed by atoms with Crippen LogP contribution in [0.25, 0.3) is 11.0 Å². The molecular weight excluding hydrogens is 280 g/mol. The molecule has 1 aliphatic heterocycles. The first-order chi connectivity index (χ1) is 10.0. The van der Waals surface area contributed by atoms with E-state index in [4.69, 9.17) is 4.74 Å². The van der Waals surface area contributed by atoms with Crippen molar-refractivity contribution in [2.45, 2.75) is 25.8 Å². The summed E-state index contributed by atoms with van der Waals surface area (Å²) in [7, 11) is 0. The standard InChI is InChI=1S/C14H15F2N3O2/c1-8(20)19-5-10(16)13(6-19)21-7-14-17-11-3-2-9(15)4-12(11)18-14/h2-4,10,13H,5-7H2,1H3,(H,17,18). The molecule has 0 aliphatic carbocycles. The first-order valence-corrected chi connectivity index (χ1v) is 6.68. The van der Waals surface area contributed by atoms with Crippen LogP contribution in [-0.4, -0.2) is 46.1 Å². The number of alkyl halides is 1. The summed E-state index contributed by atoms with van der Waals surface area (Å²) >= 11 is 0.